The van der Waals surface area contributed by atoms with Crippen LogP contribution in [0.5, 0.6) is 5.88 Å². The van der Waals surface area contributed by atoms with Crippen molar-refractivity contribution in [2.45, 2.75) is 25.0 Å². The average Bonchev–Trinajstić information content (AvgIpc) is 2.16. The molecule has 15 heavy (non-hydrogen) atoms. The molecule has 2 rings (SSSR count). The van der Waals surface area contributed by atoms with Gasteiger partial charge in [-0.25, -0.2) is 4.98 Å². The number of aliphatic hydroxyl groups is 1. The van der Waals surface area contributed by atoms with Crippen molar-refractivity contribution in [2.24, 2.45) is 0 Å². The van der Waals surface area contributed by atoms with Gasteiger partial charge in [-0.2, -0.15) is 0 Å². The summed E-state index contributed by atoms with van der Waals surface area (Å²) in [5, 5.41) is 19.4. The second-order valence-electron chi connectivity index (χ2n) is 3.48. The topological polar surface area (TPSA) is 85.5 Å². The summed E-state index contributed by atoms with van der Waals surface area (Å²) in [5.74, 6) is 0.359. The van der Waals surface area contributed by atoms with Gasteiger partial charge in [0.2, 0.25) is 5.88 Å². The lowest BCUT2D eigenvalue weighted by Gasteiger charge is -2.30. The zero-order valence-corrected chi connectivity index (χ0v) is 7.87. The van der Waals surface area contributed by atoms with Crippen LogP contribution in [0.1, 0.15) is 12.8 Å². The maximum Gasteiger partial charge on any atom is 0.287 e. The molecule has 6 heteroatoms. The summed E-state index contributed by atoms with van der Waals surface area (Å²) in [6.45, 7) is 0. The largest absolute Gasteiger partial charge is 0.474 e. The fourth-order valence-corrected chi connectivity index (χ4v) is 1.36. The Morgan fingerprint density at radius 3 is 2.73 bits per heavy atom. The normalized spacial score (nSPS) is 24.3. The fourth-order valence-electron chi connectivity index (χ4n) is 1.36. The lowest BCUT2D eigenvalue weighted by molar-refractivity contribution is -0.385. The number of hydrogen-bond donors (Lipinski definition) is 1. The van der Waals surface area contributed by atoms with Crippen LogP contribution in [0.25, 0.3) is 0 Å². The summed E-state index contributed by atoms with van der Waals surface area (Å²) in [5.41, 5.74) is -0.0593. The van der Waals surface area contributed by atoms with Crippen LogP contribution in [-0.2, 0) is 0 Å². The van der Waals surface area contributed by atoms with Gasteiger partial charge in [0.15, 0.2) is 0 Å². The minimum Gasteiger partial charge on any atom is -0.474 e. The van der Waals surface area contributed by atoms with Crippen molar-refractivity contribution in [3.05, 3.63) is 28.4 Å². The summed E-state index contributed by atoms with van der Waals surface area (Å²) >= 11 is 0. The number of rotatable bonds is 3. The van der Waals surface area contributed by atoms with Crippen molar-refractivity contribution >= 4 is 5.69 Å². The van der Waals surface area contributed by atoms with Crippen LogP contribution in [-0.4, -0.2) is 27.2 Å². The van der Waals surface area contributed by atoms with E-state index in [2.05, 4.69) is 4.98 Å². The summed E-state index contributed by atoms with van der Waals surface area (Å²) in [6, 6.07) is 2.81. The third-order valence-electron chi connectivity index (χ3n) is 2.29. The monoisotopic (exact) mass is 210 g/mol. The van der Waals surface area contributed by atoms with Gasteiger partial charge in [0.25, 0.3) is 5.69 Å². The van der Waals surface area contributed by atoms with Crippen molar-refractivity contribution in [2.75, 3.05) is 0 Å². The van der Waals surface area contributed by atoms with E-state index in [9.17, 15) is 10.1 Å². The predicted octanol–water partition coefficient (Wildman–Crippen LogP) is 0.892. The van der Waals surface area contributed by atoms with Gasteiger partial charge >= 0.3 is 0 Å². The van der Waals surface area contributed by atoms with E-state index < -0.39 is 4.92 Å². The lowest BCUT2D eigenvalue weighted by Crippen LogP contribution is -2.37. The van der Waals surface area contributed by atoms with Gasteiger partial charge in [-0.3, -0.25) is 10.1 Å². The molecular weight excluding hydrogens is 200 g/mol. The van der Waals surface area contributed by atoms with E-state index in [-0.39, 0.29) is 17.9 Å². The van der Waals surface area contributed by atoms with Crippen LogP contribution in [0.3, 0.4) is 0 Å². The molecule has 6 nitrogen and oxygen atoms in total. The molecule has 1 aromatic rings. The van der Waals surface area contributed by atoms with Gasteiger partial charge in [-0.15, -0.1) is 0 Å². The van der Waals surface area contributed by atoms with E-state index in [0.717, 1.165) is 6.20 Å². The van der Waals surface area contributed by atoms with Crippen LogP contribution < -0.4 is 4.74 Å². The van der Waals surface area contributed by atoms with Crippen LogP contribution >= 0.6 is 0 Å². The Hall–Kier alpha value is -1.69. The number of pyridine rings is 1. The van der Waals surface area contributed by atoms with E-state index in [0.29, 0.717) is 18.7 Å². The van der Waals surface area contributed by atoms with E-state index in [1.54, 1.807) is 0 Å². The highest BCUT2D eigenvalue weighted by Crippen LogP contribution is 2.25. The molecule has 0 spiro atoms. The van der Waals surface area contributed by atoms with Gasteiger partial charge in [0, 0.05) is 25.0 Å². The molecule has 1 aromatic heterocycles. The molecule has 0 atom stereocenters. The van der Waals surface area contributed by atoms with Gasteiger partial charge in [0.05, 0.1) is 11.0 Å². The van der Waals surface area contributed by atoms with E-state index in [1.165, 1.54) is 12.1 Å². The maximum absolute atomic E-state index is 10.3. The summed E-state index contributed by atoms with van der Waals surface area (Å²) < 4.78 is 5.36. The summed E-state index contributed by atoms with van der Waals surface area (Å²) in [7, 11) is 0. The molecule has 80 valence electrons. The van der Waals surface area contributed by atoms with Crippen LogP contribution in [0.15, 0.2) is 18.3 Å². The first-order valence-electron chi connectivity index (χ1n) is 4.60. The van der Waals surface area contributed by atoms with Crippen LogP contribution in [0.2, 0.25) is 0 Å². The number of hydrogen-bond acceptors (Lipinski definition) is 5. The molecule has 0 saturated heterocycles. The van der Waals surface area contributed by atoms with Crippen molar-refractivity contribution in [3.63, 3.8) is 0 Å². The smallest absolute Gasteiger partial charge is 0.287 e. The van der Waals surface area contributed by atoms with Gasteiger partial charge < -0.3 is 9.84 Å². The highest BCUT2D eigenvalue weighted by Gasteiger charge is 2.29. The van der Waals surface area contributed by atoms with Crippen LogP contribution in [0, 0.1) is 10.1 Å². The first kappa shape index (κ1) is 9.85. The number of nitro groups is 1. The quantitative estimate of drug-likeness (QED) is 0.591. The third-order valence-corrected chi connectivity index (χ3v) is 2.29. The van der Waals surface area contributed by atoms with Gasteiger partial charge in [-0.1, -0.05) is 0 Å². The van der Waals surface area contributed by atoms with Crippen molar-refractivity contribution in [1.82, 2.24) is 4.98 Å². The Balaban J connectivity index is 1.95. The fraction of sp³-hybridized carbons (Fsp3) is 0.444. The standard InChI is InChI=1S/C9H10N2O4/c12-7-3-8(4-7)15-9-2-1-6(5-10-9)11(13)14/h1-2,5,7-8,12H,3-4H2. The minimum atomic E-state index is -0.510. The second kappa shape index (κ2) is 3.82. The number of ether oxygens (including phenoxy) is 1. The van der Waals surface area contributed by atoms with E-state index >= 15 is 0 Å². The minimum absolute atomic E-state index is 0.0195. The highest BCUT2D eigenvalue weighted by atomic mass is 16.6. The zero-order chi connectivity index (χ0) is 10.8. The molecule has 0 aromatic carbocycles. The number of nitrogens with zero attached hydrogens (tertiary/aromatic N) is 2. The molecule has 1 N–H and O–H groups in total. The highest BCUT2D eigenvalue weighted by molar-refractivity contribution is 5.29. The Morgan fingerprint density at radius 2 is 2.27 bits per heavy atom. The Labute approximate surface area is 85.7 Å². The summed E-state index contributed by atoms with van der Waals surface area (Å²) in [6.07, 6.45) is 2.05. The Bertz CT molecular complexity index is 359. The zero-order valence-electron chi connectivity index (χ0n) is 7.87. The Morgan fingerprint density at radius 1 is 1.53 bits per heavy atom. The molecule has 1 saturated carbocycles. The van der Waals surface area contributed by atoms with Crippen molar-refractivity contribution in [3.8, 4) is 5.88 Å². The summed E-state index contributed by atoms with van der Waals surface area (Å²) in [4.78, 5) is 13.6. The lowest BCUT2D eigenvalue weighted by atomic mass is 9.92. The SMILES string of the molecule is O=[N+]([O-])c1ccc(OC2CC(O)C2)nc1. The maximum atomic E-state index is 10.3. The molecule has 1 aliphatic rings. The molecule has 0 amide bonds. The Kier molecular flexibility index (Phi) is 2.51. The first-order chi connectivity index (χ1) is 7.15. The van der Waals surface area contributed by atoms with E-state index in [4.69, 9.17) is 9.84 Å². The first-order valence-corrected chi connectivity index (χ1v) is 4.60. The molecule has 0 unspecified atom stereocenters. The number of aromatic nitrogens is 1. The van der Waals surface area contributed by atoms with E-state index in [1.807, 2.05) is 0 Å². The molecule has 1 fully saturated rings. The molecule has 0 aliphatic heterocycles. The van der Waals surface area contributed by atoms with Crippen molar-refractivity contribution < 1.29 is 14.8 Å². The predicted molar refractivity (Wildman–Crippen MR) is 50.5 cm³/mol. The molecule has 1 heterocycles. The molecular formula is C9H10N2O4. The van der Waals surface area contributed by atoms with Gasteiger partial charge in [0.1, 0.15) is 12.3 Å². The second-order valence-corrected chi connectivity index (χ2v) is 3.48. The molecule has 0 bridgehead atoms. The number of aliphatic hydroxyl groups excluding tert-OH is 1. The average molecular weight is 210 g/mol. The van der Waals surface area contributed by atoms with Crippen LogP contribution in [0.4, 0.5) is 5.69 Å². The molecule has 0 radical (unpaired) electrons. The van der Waals surface area contributed by atoms with Gasteiger partial charge in [-0.05, 0) is 0 Å². The van der Waals surface area contributed by atoms with Crippen molar-refractivity contribution in [1.29, 1.82) is 0 Å². The third kappa shape index (κ3) is 2.21. The molecule has 1 aliphatic carbocycles.